The maximum atomic E-state index is 12.2. The molecule has 0 radical (unpaired) electrons. The Morgan fingerprint density at radius 2 is 1.92 bits per heavy atom. The molecule has 24 heavy (non-hydrogen) atoms. The van der Waals surface area contributed by atoms with Crippen molar-refractivity contribution in [1.82, 2.24) is 4.98 Å². The first-order valence-corrected chi connectivity index (χ1v) is 7.92. The minimum Gasteiger partial charge on any atom is -0.507 e. The summed E-state index contributed by atoms with van der Waals surface area (Å²) in [5.74, 6) is -1.04. The fraction of sp³-hybridized carbons (Fsp3) is 0.118. The highest BCUT2D eigenvalue weighted by atomic mass is 79.9. The normalized spacial score (nSPS) is 11.5. The number of phenols is 1. The van der Waals surface area contributed by atoms with Gasteiger partial charge in [-0.15, -0.1) is 10.2 Å². The number of phenolic OH excluding ortho intramolecular Hbond substituents is 1. The van der Waals surface area contributed by atoms with Crippen LogP contribution in [0.3, 0.4) is 0 Å². The molecule has 0 aliphatic carbocycles. The fourth-order valence-electron chi connectivity index (χ4n) is 2.56. The molecule has 0 atom stereocenters. The number of fused-ring (bicyclic) bond motifs is 1. The van der Waals surface area contributed by atoms with Crippen LogP contribution in [0.2, 0.25) is 0 Å². The number of nitrogens with zero attached hydrogens (tertiary/aromatic N) is 2. The summed E-state index contributed by atoms with van der Waals surface area (Å²) < 4.78 is 0.639. The van der Waals surface area contributed by atoms with Crippen LogP contribution in [0.4, 0.5) is 5.69 Å². The number of hydrogen-bond acceptors (Lipinski definition) is 4. The third-order valence-electron chi connectivity index (χ3n) is 3.63. The summed E-state index contributed by atoms with van der Waals surface area (Å²) in [6, 6.07) is 8.29. The van der Waals surface area contributed by atoms with Crippen molar-refractivity contribution < 1.29 is 15.0 Å². The Morgan fingerprint density at radius 3 is 2.67 bits per heavy atom. The molecule has 122 valence electrons. The Morgan fingerprint density at radius 1 is 1.17 bits per heavy atom. The SMILES string of the molecule is Cc1cc(C)c2[nH]c(O)c(N=NC(=O)c3cc(Br)ccc3O)c2c1. The topological polar surface area (TPSA) is 98.0 Å². The second-order valence-corrected chi connectivity index (χ2v) is 6.41. The van der Waals surface area contributed by atoms with Crippen LogP contribution < -0.4 is 0 Å². The first-order valence-electron chi connectivity index (χ1n) is 7.13. The van der Waals surface area contributed by atoms with Gasteiger partial charge in [-0.3, -0.25) is 4.79 Å². The lowest BCUT2D eigenvalue weighted by Crippen LogP contribution is -1.94. The molecule has 0 spiro atoms. The number of aryl methyl sites for hydroxylation is 2. The molecule has 1 aromatic heterocycles. The molecule has 3 rings (SSSR count). The molecule has 1 heterocycles. The molecule has 0 saturated heterocycles. The van der Waals surface area contributed by atoms with Crippen molar-refractivity contribution in [3.63, 3.8) is 0 Å². The van der Waals surface area contributed by atoms with Crippen molar-refractivity contribution in [2.45, 2.75) is 13.8 Å². The molecule has 0 aliphatic heterocycles. The van der Waals surface area contributed by atoms with Crippen molar-refractivity contribution in [2.24, 2.45) is 10.2 Å². The third-order valence-corrected chi connectivity index (χ3v) is 4.13. The van der Waals surface area contributed by atoms with Gasteiger partial charge >= 0.3 is 0 Å². The van der Waals surface area contributed by atoms with Crippen LogP contribution in [-0.4, -0.2) is 21.1 Å². The number of nitrogens with one attached hydrogen (secondary N) is 1. The number of hydrogen-bond donors (Lipinski definition) is 3. The number of aromatic amines is 1. The van der Waals surface area contributed by atoms with E-state index in [-0.39, 0.29) is 22.9 Å². The second kappa shape index (κ2) is 6.09. The standard InChI is InChI=1S/C17H14BrN3O3/c1-8-5-9(2)14-12(6-8)15(17(24)19-14)20-21-16(23)11-7-10(18)3-4-13(11)22/h3-7,19,22,24H,1-2H3. The van der Waals surface area contributed by atoms with Gasteiger partial charge in [0.15, 0.2) is 5.69 Å². The number of azo groups is 1. The number of carbonyl (C=O) groups excluding carboxylic acids is 1. The number of halogens is 1. The minimum absolute atomic E-state index is 0.0276. The van der Waals surface area contributed by atoms with Gasteiger partial charge in [-0.1, -0.05) is 27.6 Å². The van der Waals surface area contributed by atoms with E-state index in [1.54, 1.807) is 6.07 Å². The van der Waals surface area contributed by atoms with Crippen LogP contribution in [-0.2, 0) is 0 Å². The van der Waals surface area contributed by atoms with E-state index in [0.29, 0.717) is 9.86 Å². The molecule has 0 fully saturated rings. The van der Waals surface area contributed by atoms with E-state index >= 15 is 0 Å². The summed E-state index contributed by atoms with van der Waals surface area (Å²) in [7, 11) is 0. The zero-order valence-electron chi connectivity index (χ0n) is 13.0. The zero-order chi connectivity index (χ0) is 17.4. The molecule has 0 unspecified atom stereocenters. The number of aromatic hydroxyl groups is 2. The Bertz CT molecular complexity index is 992. The van der Waals surface area contributed by atoms with Crippen molar-refractivity contribution in [3.05, 3.63) is 51.5 Å². The maximum Gasteiger partial charge on any atom is 0.299 e. The van der Waals surface area contributed by atoms with Crippen molar-refractivity contribution in [2.75, 3.05) is 0 Å². The number of rotatable bonds is 2. The fourth-order valence-corrected chi connectivity index (χ4v) is 2.92. The highest BCUT2D eigenvalue weighted by molar-refractivity contribution is 9.10. The molecule has 0 bridgehead atoms. The maximum absolute atomic E-state index is 12.2. The van der Waals surface area contributed by atoms with Crippen LogP contribution in [0.25, 0.3) is 10.9 Å². The molecular formula is C17H14BrN3O3. The molecule has 3 N–H and O–H groups in total. The summed E-state index contributed by atoms with van der Waals surface area (Å²) in [4.78, 5) is 15.0. The van der Waals surface area contributed by atoms with Gasteiger partial charge in [0.1, 0.15) is 5.75 Å². The van der Waals surface area contributed by atoms with Gasteiger partial charge in [0.2, 0.25) is 5.88 Å². The number of amides is 1. The van der Waals surface area contributed by atoms with Crippen molar-refractivity contribution in [1.29, 1.82) is 0 Å². The number of aromatic nitrogens is 1. The van der Waals surface area contributed by atoms with Gasteiger partial charge in [0.25, 0.3) is 5.91 Å². The van der Waals surface area contributed by atoms with Crippen LogP contribution in [0.1, 0.15) is 21.5 Å². The largest absolute Gasteiger partial charge is 0.507 e. The summed E-state index contributed by atoms with van der Waals surface area (Å²) >= 11 is 3.23. The Balaban J connectivity index is 2.03. The average Bonchev–Trinajstić information content (AvgIpc) is 2.83. The molecule has 0 saturated carbocycles. The quantitative estimate of drug-likeness (QED) is 0.546. The Kier molecular flexibility index (Phi) is 4.11. The monoisotopic (exact) mass is 387 g/mol. The molecule has 3 aromatic rings. The lowest BCUT2D eigenvalue weighted by molar-refractivity contribution is 0.0992. The molecule has 2 aromatic carbocycles. The van der Waals surface area contributed by atoms with Crippen LogP contribution >= 0.6 is 15.9 Å². The number of benzene rings is 2. The Hall–Kier alpha value is -2.67. The van der Waals surface area contributed by atoms with E-state index in [1.807, 2.05) is 26.0 Å². The van der Waals surface area contributed by atoms with Gasteiger partial charge in [-0.05, 0) is 43.7 Å². The molecule has 1 amide bonds. The van der Waals surface area contributed by atoms with E-state index in [9.17, 15) is 15.0 Å². The van der Waals surface area contributed by atoms with E-state index in [2.05, 4.69) is 31.1 Å². The minimum atomic E-state index is -0.702. The lowest BCUT2D eigenvalue weighted by Gasteiger charge is -2.00. The first kappa shape index (κ1) is 16.2. The van der Waals surface area contributed by atoms with Gasteiger partial charge < -0.3 is 15.2 Å². The van der Waals surface area contributed by atoms with Crippen molar-refractivity contribution >= 4 is 38.4 Å². The highest BCUT2D eigenvalue weighted by Crippen LogP contribution is 2.37. The summed E-state index contributed by atoms with van der Waals surface area (Å²) in [5, 5.41) is 28.0. The summed E-state index contributed by atoms with van der Waals surface area (Å²) in [6.45, 7) is 3.85. The molecule has 0 aliphatic rings. The predicted octanol–water partition coefficient (Wildman–Crippen LogP) is 4.88. The molecular weight excluding hydrogens is 374 g/mol. The first-order chi connectivity index (χ1) is 11.4. The highest BCUT2D eigenvalue weighted by Gasteiger charge is 2.15. The van der Waals surface area contributed by atoms with Gasteiger partial charge in [-0.25, -0.2) is 0 Å². The van der Waals surface area contributed by atoms with Gasteiger partial charge in [0.05, 0.1) is 11.1 Å². The average molecular weight is 388 g/mol. The number of H-pyrrole nitrogens is 1. The van der Waals surface area contributed by atoms with Crippen LogP contribution in [0.15, 0.2) is 45.0 Å². The predicted molar refractivity (Wildman–Crippen MR) is 94.1 cm³/mol. The van der Waals surface area contributed by atoms with Crippen LogP contribution in [0.5, 0.6) is 11.6 Å². The van der Waals surface area contributed by atoms with E-state index in [4.69, 9.17) is 0 Å². The number of carbonyl (C=O) groups is 1. The summed E-state index contributed by atoms with van der Waals surface area (Å²) in [5.41, 5.74) is 2.92. The molecule has 7 heteroatoms. The second-order valence-electron chi connectivity index (χ2n) is 5.49. The van der Waals surface area contributed by atoms with Crippen molar-refractivity contribution in [3.8, 4) is 11.6 Å². The van der Waals surface area contributed by atoms with Crippen LogP contribution in [0, 0.1) is 13.8 Å². The summed E-state index contributed by atoms with van der Waals surface area (Å²) in [6.07, 6.45) is 0. The zero-order valence-corrected chi connectivity index (χ0v) is 14.5. The van der Waals surface area contributed by atoms with Gasteiger partial charge in [0, 0.05) is 9.86 Å². The van der Waals surface area contributed by atoms with E-state index < -0.39 is 5.91 Å². The van der Waals surface area contributed by atoms with E-state index in [1.165, 1.54) is 12.1 Å². The lowest BCUT2D eigenvalue weighted by atomic mass is 10.1. The van der Waals surface area contributed by atoms with Gasteiger partial charge in [-0.2, -0.15) is 0 Å². The van der Waals surface area contributed by atoms with E-state index in [0.717, 1.165) is 16.6 Å². The molecule has 6 nitrogen and oxygen atoms in total. The Labute approximate surface area is 146 Å². The smallest absolute Gasteiger partial charge is 0.299 e. The third kappa shape index (κ3) is 2.90.